The summed E-state index contributed by atoms with van der Waals surface area (Å²) in [4.78, 5) is 0. The summed E-state index contributed by atoms with van der Waals surface area (Å²) in [5.74, 6) is 0.944. The summed E-state index contributed by atoms with van der Waals surface area (Å²) in [6.07, 6.45) is 5.86. The number of allylic oxidation sites excluding steroid dienone is 3. The first-order chi connectivity index (χ1) is 6.26. The Bertz CT molecular complexity index is 135. The summed E-state index contributed by atoms with van der Waals surface area (Å²) in [5, 5.41) is 0. The van der Waals surface area contributed by atoms with E-state index in [-0.39, 0.29) is 0 Å². The van der Waals surface area contributed by atoms with Crippen LogP contribution in [0.25, 0.3) is 0 Å². The summed E-state index contributed by atoms with van der Waals surface area (Å²) < 4.78 is 9.75. The molecule has 2 nitrogen and oxygen atoms in total. The fourth-order valence-corrected chi connectivity index (χ4v) is 0.559. The third-order valence-corrected chi connectivity index (χ3v) is 1.22. The van der Waals surface area contributed by atoms with Crippen LogP contribution in [0.3, 0.4) is 0 Å². The maximum atomic E-state index is 5.21. The Morgan fingerprint density at radius 2 is 1.69 bits per heavy atom. The number of methoxy groups -OCH3 is 1. The van der Waals surface area contributed by atoms with Gasteiger partial charge in [-0.25, -0.2) is 0 Å². The molecule has 0 saturated carbocycles. The first kappa shape index (κ1) is 14.7. The molecule has 2 heteroatoms. The van der Waals surface area contributed by atoms with Crippen LogP contribution in [0, 0.1) is 0 Å². The van der Waals surface area contributed by atoms with Gasteiger partial charge in [-0.1, -0.05) is 6.08 Å². The molecule has 0 heterocycles. The van der Waals surface area contributed by atoms with Crippen molar-refractivity contribution in [3.63, 3.8) is 0 Å². The van der Waals surface area contributed by atoms with Crippen LogP contribution < -0.4 is 0 Å². The highest BCUT2D eigenvalue weighted by Gasteiger charge is 1.83. The van der Waals surface area contributed by atoms with Crippen LogP contribution in [0.15, 0.2) is 24.0 Å². The van der Waals surface area contributed by atoms with Gasteiger partial charge in [0.25, 0.3) is 0 Å². The Hall–Kier alpha value is -0.760. The van der Waals surface area contributed by atoms with Gasteiger partial charge in [-0.3, -0.25) is 0 Å². The van der Waals surface area contributed by atoms with Crippen molar-refractivity contribution in [1.29, 1.82) is 0 Å². The summed E-state index contributed by atoms with van der Waals surface area (Å²) in [6.45, 7) is 9.44. The van der Waals surface area contributed by atoms with E-state index in [0.717, 1.165) is 19.0 Å². The summed E-state index contributed by atoms with van der Waals surface area (Å²) in [7, 11) is 1.68. The van der Waals surface area contributed by atoms with E-state index in [1.54, 1.807) is 7.11 Å². The second-order valence-electron chi connectivity index (χ2n) is 2.20. The lowest BCUT2D eigenvalue weighted by Gasteiger charge is -2.00. The fraction of sp³-hybridized carbons (Fsp3) is 0.636. The number of hydrogen-bond donors (Lipinski definition) is 0. The Balaban J connectivity index is 0. The second kappa shape index (κ2) is 13.8. The van der Waals surface area contributed by atoms with Crippen LogP contribution in [0.2, 0.25) is 0 Å². The van der Waals surface area contributed by atoms with Gasteiger partial charge < -0.3 is 9.47 Å². The third kappa shape index (κ3) is 14.1. The van der Waals surface area contributed by atoms with E-state index in [1.807, 2.05) is 45.9 Å². The predicted octanol–water partition coefficient (Wildman–Crippen LogP) is 3.16. The fourth-order valence-electron chi connectivity index (χ4n) is 0.559. The van der Waals surface area contributed by atoms with Crippen molar-refractivity contribution in [3.8, 4) is 0 Å². The average molecular weight is 186 g/mol. The zero-order chi connectivity index (χ0) is 10.5. The average Bonchev–Trinajstić information content (AvgIpc) is 2.18. The molecule has 0 aromatic heterocycles. The minimum absolute atomic E-state index is 0.740. The topological polar surface area (TPSA) is 18.5 Å². The minimum atomic E-state index is 0.740. The lowest BCUT2D eigenvalue weighted by atomic mass is 10.4. The van der Waals surface area contributed by atoms with Crippen LogP contribution in [0.4, 0.5) is 0 Å². The van der Waals surface area contributed by atoms with Crippen molar-refractivity contribution in [1.82, 2.24) is 0 Å². The molecule has 0 aliphatic heterocycles. The Morgan fingerprint density at radius 3 is 1.92 bits per heavy atom. The number of ether oxygens (including phenoxy) is 2. The van der Waals surface area contributed by atoms with Crippen molar-refractivity contribution in [3.05, 3.63) is 24.0 Å². The summed E-state index contributed by atoms with van der Waals surface area (Å²) >= 11 is 0. The van der Waals surface area contributed by atoms with Crippen LogP contribution in [0.5, 0.6) is 0 Å². The zero-order valence-electron chi connectivity index (χ0n) is 9.46. The van der Waals surface area contributed by atoms with E-state index < -0.39 is 0 Å². The molecule has 0 saturated heterocycles. The van der Waals surface area contributed by atoms with Gasteiger partial charge in [0, 0.05) is 13.7 Å². The molecule has 0 aromatic rings. The smallest absolute Gasteiger partial charge is 0.114 e. The molecule has 0 bridgehead atoms. The first-order valence-corrected chi connectivity index (χ1v) is 4.67. The molecule has 0 N–H and O–H groups in total. The molecule has 0 spiro atoms. The van der Waals surface area contributed by atoms with Crippen molar-refractivity contribution in [2.75, 3.05) is 20.3 Å². The zero-order valence-corrected chi connectivity index (χ0v) is 9.46. The van der Waals surface area contributed by atoms with Crippen LogP contribution in [0.1, 0.15) is 27.7 Å². The molecular formula is C11H22O2. The number of rotatable bonds is 4. The van der Waals surface area contributed by atoms with Gasteiger partial charge in [-0.2, -0.15) is 0 Å². The van der Waals surface area contributed by atoms with E-state index >= 15 is 0 Å². The first-order valence-electron chi connectivity index (χ1n) is 4.67. The van der Waals surface area contributed by atoms with Gasteiger partial charge in [0.05, 0.1) is 6.61 Å². The molecule has 0 atom stereocenters. The van der Waals surface area contributed by atoms with E-state index in [4.69, 9.17) is 4.74 Å². The van der Waals surface area contributed by atoms with Crippen LogP contribution in [-0.4, -0.2) is 20.3 Å². The monoisotopic (exact) mass is 186 g/mol. The predicted molar refractivity (Wildman–Crippen MR) is 57.7 cm³/mol. The SMILES string of the molecule is C/C=C\C(=C/C)OCC.CCOC. The van der Waals surface area contributed by atoms with E-state index in [9.17, 15) is 0 Å². The number of hydrogen-bond acceptors (Lipinski definition) is 2. The van der Waals surface area contributed by atoms with Crippen molar-refractivity contribution < 1.29 is 9.47 Å². The normalized spacial score (nSPS) is 11.0. The van der Waals surface area contributed by atoms with Crippen molar-refractivity contribution in [2.45, 2.75) is 27.7 Å². The van der Waals surface area contributed by atoms with E-state index in [1.165, 1.54) is 0 Å². The summed E-state index contributed by atoms with van der Waals surface area (Å²) in [5.41, 5.74) is 0. The molecule has 0 aliphatic rings. The van der Waals surface area contributed by atoms with Crippen LogP contribution in [-0.2, 0) is 9.47 Å². The Kier molecular flexibility index (Phi) is 15.7. The second-order valence-corrected chi connectivity index (χ2v) is 2.20. The standard InChI is InChI=1S/C8H14O.C3H8O/c1-4-7-8(5-2)9-6-3;1-3-4-2/h4-5,7H,6H2,1-3H3;3H2,1-2H3/b7-4-,8-5+;. The van der Waals surface area contributed by atoms with Gasteiger partial charge in [0.1, 0.15) is 5.76 Å². The Labute approximate surface area is 82.2 Å². The lowest BCUT2D eigenvalue weighted by molar-refractivity contribution is 0.215. The highest BCUT2D eigenvalue weighted by Crippen LogP contribution is 1.97. The van der Waals surface area contributed by atoms with Crippen molar-refractivity contribution >= 4 is 0 Å². The maximum absolute atomic E-state index is 5.21. The molecule has 13 heavy (non-hydrogen) atoms. The van der Waals surface area contributed by atoms with Crippen molar-refractivity contribution in [2.24, 2.45) is 0 Å². The molecule has 0 aliphatic carbocycles. The van der Waals surface area contributed by atoms with Gasteiger partial charge in [-0.15, -0.1) is 0 Å². The summed E-state index contributed by atoms with van der Waals surface area (Å²) in [6, 6.07) is 0. The third-order valence-electron chi connectivity index (χ3n) is 1.22. The molecule has 78 valence electrons. The van der Waals surface area contributed by atoms with Gasteiger partial charge >= 0.3 is 0 Å². The molecule has 0 radical (unpaired) electrons. The van der Waals surface area contributed by atoms with E-state index in [2.05, 4.69) is 4.74 Å². The van der Waals surface area contributed by atoms with Crippen LogP contribution >= 0.6 is 0 Å². The van der Waals surface area contributed by atoms with Gasteiger partial charge in [0.15, 0.2) is 0 Å². The molecule has 0 fully saturated rings. The Morgan fingerprint density at radius 1 is 1.15 bits per heavy atom. The maximum Gasteiger partial charge on any atom is 0.114 e. The van der Waals surface area contributed by atoms with E-state index in [0.29, 0.717) is 0 Å². The molecular weight excluding hydrogens is 164 g/mol. The highest BCUT2D eigenvalue weighted by atomic mass is 16.5. The lowest BCUT2D eigenvalue weighted by Crippen LogP contribution is -1.86. The molecule has 0 aromatic carbocycles. The molecule has 0 rings (SSSR count). The van der Waals surface area contributed by atoms with Gasteiger partial charge in [-0.05, 0) is 39.8 Å². The highest BCUT2D eigenvalue weighted by molar-refractivity contribution is 5.09. The molecule has 0 unspecified atom stereocenters. The quantitative estimate of drug-likeness (QED) is 0.496. The van der Waals surface area contributed by atoms with Gasteiger partial charge in [0.2, 0.25) is 0 Å². The minimum Gasteiger partial charge on any atom is -0.494 e. The molecule has 0 amide bonds. The largest absolute Gasteiger partial charge is 0.494 e.